The van der Waals surface area contributed by atoms with Crippen molar-refractivity contribution in [3.8, 4) is 17.0 Å². The zero-order chi connectivity index (χ0) is 18.5. The van der Waals surface area contributed by atoms with E-state index in [0.29, 0.717) is 24.5 Å². The highest BCUT2D eigenvalue weighted by atomic mass is 16.5. The first-order valence-electron chi connectivity index (χ1n) is 8.45. The molecule has 1 aromatic heterocycles. The van der Waals surface area contributed by atoms with Crippen molar-refractivity contribution in [2.24, 2.45) is 0 Å². The molecule has 0 saturated carbocycles. The molecule has 0 fully saturated rings. The van der Waals surface area contributed by atoms with Gasteiger partial charge in [0.2, 0.25) is 0 Å². The van der Waals surface area contributed by atoms with Gasteiger partial charge in [-0.1, -0.05) is 29.8 Å². The Hall–Kier alpha value is -2.92. The van der Waals surface area contributed by atoms with E-state index in [2.05, 4.69) is 24.4 Å². The third-order valence-corrected chi connectivity index (χ3v) is 4.19. The largest absolute Gasteiger partial charge is 0.496 e. The summed E-state index contributed by atoms with van der Waals surface area (Å²) in [7, 11) is 3.23. The Morgan fingerprint density at radius 3 is 2.54 bits per heavy atom. The molecule has 0 aliphatic carbocycles. The molecule has 2 aromatic carbocycles. The smallest absolute Gasteiger partial charge is 0.251 e. The van der Waals surface area contributed by atoms with Crippen LogP contribution in [0, 0.1) is 6.92 Å². The molecule has 0 unspecified atom stereocenters. The summed E-state index contributed by atoms with van der Waals surface area (Å²) in [6.07, 6.45) is 0. The monoisotopic (exact) mass is 350 g/mol. The number of nitrogens with zero attached hydrogens (tertiary/aromatic N) is 1. The van der Waals surface area contributed by atoms with Gasteiger partial charge in [-0.05, 0) is 25.1 Å². The normalized spacial score (nSPS) is 10.7. The molecule has 0 radical (unpaired) electrons. The van der Waals surface area contributed by atoms with Crippen LogP contribution in [0.1, 0.15) is 15.9 Å². The van der Waals surface area contributed by atoms with Gasteiger partial charge in [0, 0.05) is 36.2 Å². The molecular formula is C21H22N2O3. The molecule has 0 aliphatic heterocycles. The second-order valence-corrected chi connectivity index (χ2v) is 6.06. The van der Waals surface area contributed by atoms with Crippen molar-refractivity contribution < 1.29 is 14.3 Å². The van der Waals surface area contributed by atoms with Crippen LogP contribution < -0.4 is 10.1 Å². The van der Waals surface area contributed by atoms with Crippen LogP contribution in [0.25, 0.3) is 22.2 Å². The van der Waals surface area contributed by atoms with Gasteiger partial charge in [-0.25, -0.2) is 4.98 Å². The van der Waals surface area contributed by atoms with Gasteiger partial charge in [-0.2, -0.15) is 0 Å². The highest BCUT2D eigenvalue weighted by Gasteiger charge is 2.12. The molecular weight excluding hydrogens is 328 g/mol. The van der Waals surface area contributed by atoms with E-state index in [0.717, 1.165) is 22.2 Å². The van der Waals surface area contributed by atoms with E-state index in [1.165, 1.54) is 5.56 Å². The number of carbonyl (C=O) groups is 1. The van der Waals surface area contributed by atoms with Crippen molar-refractivity contribution >= 4 is 16.8 Å². The van der Waals surface area contributed by atoms with E-state index in [1.54, 1.807) is 20.3 Å². The molecule has 5 nitrogen and oxygen atoms in total. The Morgan fingerprint density at radius 1 is 1.08 bits per heavy atom. The number of benzene rings is 2. The summed E-state index contributed by atoms with van der Waals surface area (Å²) in [5, 5.41) is 3.63. The van der Waals surface area contributed by atoms with Gasteiger partial charge in [-0.15, -0.1) is 0 Å². The SMILES string of the molecule is COCCNC(=O)c1ccc2nc(-c3ccc(C)cc3)cc(OC)c2c1. The number of ether oxygens (including phenoxy) is 2. The van der Waals surface area contributed by atoms with Crippen LogP contribution in [0.2, 0.25) is 0 Å². The van der Waals surface area contributed by atoms with Gasteiger partial charge < -0.3 is 14.8 Å². The van der Waals surface area contributed by atoms with Gasteiger partial charge in [0.15, 0.2) is 0 Å². The van der Waals surface area contributed by atoms with Crippen LogP contribution in [0.15, 0.2) is 48.5 Å². The molecule has 5 heteroatoms. The Labute approximate surface area is 153 Å². The van der Waals surface area contributed by atoms with Crippen LogP contribution in [0.4, 0.5) is 0 Å². The molecule has 26 heavy (non-hydrogen) atoms. The zero-order valence-corrected chi connectivity index (χ0v) is 15.2. The average Bonchev–Trinajstić information content (AvgIpc) is 2.67. The van der Waals surface area contributed by atoms with E-state index in [1.807, 2.05) is 30.3 Å². The third kappa shape index (κ3) is 3.83. The Balaban J connectivity index is 1.98. The fourth-order valence-corrected chi connectivity index (χ4v) is 2.75. The van der Waals surface area contributed by atoms with Crippen molar-refractivity contribution in [1.82, 2.24) is 10.3 Å². The van der Waals surface area contributed by atoms with E-state index in [4.69, 9.17) is 14.5 Å². The first-order valence-corrected chi connectivity index (χ1v) is 8.45. The summed E-state index contributed by atoms with van der Waals surface area (Å²) in [6, 6.07) is 15.5. The second-order valence-electron chi connectivity index (χ2n) is 6.06. The number of methoxy groups -OCH3 is 2. The van der Waals surface area contributed by atoms with Crippen molar-refractivity contribution in [2.75, 3.05) is 27.4 Å². The lowest BCUT2D eigenvalue weighted by molar-refractivity contribution is 0.0937. The lowest BCUT2D eigenvalue weighted by Crippen LogP contribution is -2.26. The minimum Gasteiger partial charge on any atom is -0.496 e. The summed E-state index contributed by atoms with van der Waals surface area (Å²) >= 11 is 0. The van der Waals surface area contributed by atoms with Crippen LogP contribution in [0.3, 0.4) is 0 Å². The molecule has 1 N–H and O–H groups in total. The van der Waals surface area contributed by atoms with Gasteiger partial charge in [0.1, 0.15) is 5.75 Å². The van der Waals surface area contributed by atoms with Gasteiger partial charge in [-0.3, -0.25) is 4.79 Å². The first-order chi connectivity index (χ1) is 12.6. The number of carbonyl (C=O) groups excluding carboxylic acids is 1. The number of rotatable bonds is 6. The van der Waals surface area contributed by atoms with Crippen LogP contribution in [-0.4, -0.2) is 38.3 Å². The van der Waals surface area contributed by atoms with Crippen LogP contribution in [-0.2, 0) is 4.74 Å². The highest BCUT2D eigenvalue weighted by Crippen LogP contribution is 2.30. The molecule has 1 heterocycles. The fourth-order valence-electron chi connectivity index (χ4n) is 2.75. The first kappa shape index (κ1) is 17.9. The Kier molecular flexibility index (Phi) is 5.49. The van der Waals surface area contributed by atoms with Gasteiger partial charge in [0.05, 0.1) is 24.9 Å². The molecule has 0 bridgehead atoms. The number of fused-ring (bicyclic) bond motifs is 1. The quantitative estimate of drug-likeness (QED) is 0.690. The second kappa shape index (κ2) is 7.97. The molecule has 3 aromatic rings. The number of aryl methyl sites for hydroxylation is 1. The standard InChI is InChI=1S/C21H22N2O3/c1-14-4-6-15(7-5-14)19-13-20(26-3)17-12-16(8-9-18(17)23-19)21(24)22-10-11-25-2/h4-9,12-13H,10-11H2,1-3H3,(H,22,24). The fraction of sp³-hybridized carbons (Fsp3) is 0.238. The van der Waals surface area contributed by atoms with E-state index < -0.39 is 0 Å². The molecule has 0 saturated heterocycles. The number of hydrogen-bond acceptors (Lipinski definition) is 4. The maximum Gasteiger partial charge on any atom is 0.251 e. The number of aromatic nitrogens is 1. The lowest BCUT2D eigenvalue weighted by Gasteiger charge is -2.11. The molecule has 3 rings (SSSR count). The number of hydrogen-bond donors (Lipinski definition) is 1. The van der Waals surface area contributed by atoms with E-state index in [-0.39, 0.29) is 5.91 Å². The minimum absolute atomic E-state index is 0.145. The summed E-state index contributed by atoms with van der Waals surface area (Å²) < 4.78 is 10.5. The molecule has 0 spiro atoms. The van der Waals surface area contributed by atoms with Crippen LogP contribution >= 0.6 is 0 Å². The lowest BCUT2D eigenvalue weighted by atomic mass is 10.1. The molecule has 1 amide bonds. The third-order valence-electron chi connectivity index (χ3n) is 4.19. The highest BCUT2D eigenvalue weighted by molar-refractivity contribution is 5.99. The van der Waals surface area contributed by atoms with Crippen LogP contribution in [0.5, 0.6) is 5.75 Å². The Morgan fingerprint density at radius 2 is 1.85 bits per heavy atom. The number of pyridine rings is 1. The van der Waals surface area contributed by atoms with Crippen molar-refractivity contribution in [3.63, 3.8) is 0 Å². The molecule has 134 valence electrons. The zero-order valence-electron chi connectivity index (χ0n) is 15.2. The topological polar surface area (TPSA) is 60.5 Å². The summed E-state index contributed by atoms with van der Waals surface area (Å²) in [6.45, 7) is 3.00. The summed E-state index contributed by atoms with van der Waals surface area (Å²) in [5.74, 6) is 0.547. The summed E-state index contributed by atoms with van der Waals surface area (Å²) in [4.78, 5) is 17.0. The maximum atomic E-state index is 12.3. The van der Waals surface area contributed by atoms with Crippen molar-refractivity contribution in [1.29, 1.82) is 0 Å². The van der Waals surface area contributed by atoms with Crippen molar-refractivity contribution in [2.45, 2.75) is 6.92 Å². The molecule has 0 aliphatic rings. The van der Waals surface area contributed by atoms with E-state index in [9.17, 15) is 4.79 Å². The average molecular weight is 350 g/mol. The summed E-state index contributed by atoms with van der Waals surface area (Å²) in [5.41, 5.74) is 4.42. The minimum atomic E-state index is -0.145. The van der Waals surface area contributed by atoms with Gasteiger partial charge >= 0.3 is 0 Å². The number of amides is 1. The van der Waals surface area contributed by atoms with E-state index >= 15 is 0 Å². The molecule has 0 atom stereocenters. The van der Waals surface area contributed by atoms with Gasteiger partial charge in [0.25, 0.3) is 5.91 Å². The maximum absolute atomic E-state index is 12.3. The predicted octanol–water partition coefficient (Wildman–Crippen LogP) is 3.60. The number of nitrogens with one attached hydrogen (secondary N) is 1. The predicted molar refractivity (Wildman–Crippen MR) is 103 cm³/mol. The van der Waals surface area contributed by atoms with Crippen molar-refractivity contribution in [3.05, 3.63) is 59.7 Å². The Bertz CT molecular complexity index is 920.